The summed E-state index contributed by atoms with van der Waals surface area (Å²) in [5.41, 5.74) is 6.53. The molecule has 94 valence electrons. The maximum absolute atomic E-state index is 11.5. The van der Waals surface area contributed by atoms with Crippen molar-refractivity contribution in [2.45, 2.75) is 36.6 Å². The lowest BCUT2D eigenvalue weighted by Crippen LogP contribution is -2.20. The fraction of sp³-hybridized carbons (Fsp3) is 0.455. The molecule has 0 aliphatic heterocycles. The minimum atomic E-state index is -3.74. The Morgan fingerprint density at radius 2 is 1.88 bits per heavy atom. The second-order valence-corrected chi connectivity index (χ2v) is 5.96. The maximum atomic E-state index is 11.5. The number of anilines is 2. The van der Waals surface area contributed by atoms with Gasteiger partial charge in [0.15, 0.2) is 0 Å². The van der Waals surface area contributed by atoms with E-state index in [0.717, 1.165) is 12.8 Å². The normalized spacial score (nSPS) is 17.2. The summed E-state index contributed by atoms with van der Waals surface area (Å²) in [6.07, 6.45) is 4.48. The molecule has 0 heterocycles. The molecule has 0 spiro atoms. The Bertz CT molecular complexity index is 507. The molecule has 1 saturated carbocycles. The zero-order valence-corrected chi connectivity index (χ0v) is 10.3. The van der Waals surface area contributed by atoms with Crippen molar-refractivity contribution in [1.29, 1.82) is 0 Å². The first-order chi connectivity index (χ1) is 7.97. The van der Waals surface area contributed by atoms with E-state index >= 15 is 0 Å². The van der Waals surface area contributed by atoms with Gasteiger partial charge in [0.05, 0.1) is 5.69 Å². The molecule has 5 nitrogen and oxygen atoms in total. The van der Waals surface area contributed by atoms with Crippen LogP contribution in [0.1, 0.15) is 25.7 Å². The van der Waals surface area contributed by atoms with Crippen LogP contribution in [-0.4, -0.2) is 14.5 Å². The number of primary sulfonamides is 1. The molecule has 6 heteroatoms. The molecule has 0 amide bonds. The first-order valence-electron chi connectivity index (χ1n) is 5.66. The van der Waals surface area contributed by atoms with E-state index in [-0.39, 0.29) is 4.90 Å². The van der Waals surface area contributed by atoms with Crippen LogP contribution in [0.5, 0.6) is 0 Å². The lowest BCUT2D eigenvalue weighted by atomic mass is 10.2. The van der Waals surface area contributed by atoms with Gasteiger partial charge >= 0.3 is 0 Å². The first-order valence-corrected chi connectivity index (χ1v) is 7.20. The van der Waals surface area contributed by atoms with E-state index in [9.17, 15) is 8.42 Å². The first kappa shape index (κ1) is 12.2. The van der Waals surface area contributed by atoms with E-state index < -0.39 is 10.0 Å². The second kappa shape index (κ2) is 4.54. The smallest absolute Gasteiger partial charge is 0.240 e. The van der Waals surface area contributed by atoms with Crippen molar-refractivity contribution >= 4 is 21.4 Å². The maximum Gasteiger partial charge on any atom is 0.240 e. The molecule has 17 heavy (non-hydrogen) atoms. The number of nitrogen functional groups attached to an aromatic ring is 1. The third kappa shape index (κ3) is 2.89. The van der Waals surface area contributed by atoms with Crippen LogP contribution in [0.25, 0.3) is 0 Å². The molecule has 5 N–H and O–H groups in total. The molecule has 1 aliphatic rings. The van der Waals surface area contributed by atoms with Crippen LogP contribution in [0, 0.1) is 0 Å². The lowest BCUT2D eigenvalue weighted by Gasteiger charge is -2.16. The third-order valence-electron chi connectivity index (χ3n) is 3.03. The molecule has 1 aromatic carbocycles. The summed E-state index contributed by atoms with van der Waals surface area (Å²) >= 11 is 0. The van der Waals surface area contributed by atoms with E-state index in [2.05, 4.69) is 5.32 Å². The topological polar surface area (TPSA) is 98.2 Å². The van der Waals surface area contributed by atoms with Crippen LogP contribution in [0.3, 0.4) is 0 Å². The summed E-state index contributed by atoms with van der Waals surface area (Å²) in [7, 11) is -3.74. The molecule has 2 rings (SSSR count). The third-order valence-corrected chi connectivity index (χ3v) is 3.98. The Morgan fingerprint density at radius 3 is 2.47 bits per heavy atom. The number of nitrogens with two attached hydrogens (primary N) is 2. The van der Waals surface area contributed by atoms with Crippen LogP contribution in [0.2, 0.25) is 0 Å². The van der Waals surface area contributed by atoms with Crippen molar-refractivity contribution in [3.05, 3.63) is 18.2 Å². The number of benzene rings is 1. The number of hydrogen-bond donors (Lipinski definition) is 3. The fourth-order valence-corrected chi connectivity index (χ4v) is 2.92. The highest BCUT2D eigenvalue weighted by molar-refractivity contribution is 7.89. The minimum absolute atomic E-state index is 0.0735. The van der Waals surface area contributed by atoms with E-state index in [0.29, 0.717) is 17.4 Å². The van der Waals surface area contributed by atoms with Gasteiger partial charge in [-0.1, -0.05) is 12.8 Å². The van der Waals surface area contributed by atoms with Crippen LogP contribution in [-0.2, 0) is 10.0 Å². The van der Waals surface area contributed by atoms with Crippen molar-refractivity contribution in [1.82, 2.24) is 0 Å². The summed E-state index contributed by atoms with van der Waals surface area (Å²) < 4.78 is 22.9. The Labute approximate surface area is 101 Å². The van der Waals surface area contributed by atoms with E-state index in [1.54, 1.807) is 12.1 Å². The highest BCUT2D eigenvalue weighted by atomic mass is 32.2. The number of hydrogen-bond acceptors (Lipinski definition) is 4. The molecule has 0 unspecified atom stereocenters. The van der Waals surface area contributed by atoms with Gasteiger partial charge in [-0.15, -0.1) is 0 Å². The van der Waals surface area contributed by atoms with Gasteiger partial charge in [-0.3, -0.25) is 0 Å². The zero-order chi connectivity index (χ0) is 12.5. The summed E-state index contributed by atoms with van der Waals surface area (Å²) in [5.74, 6) is 0. The minimum Gasteiger partial charge on any atom is -0.399 e. The van der Waals surface area contributed by atoms with Crippen molar-refractivity contribution < 1.29 is 8.42 Å². The second-order valence-electron chi connectivity index (χ2n) is 4.43. The Morgan fingerprint density at radius 1 is 1.24 bits per heavy atom. The van der Waals surface area contributed by atoms with Gasteiger partial charge < -0.3 is 11.1 Å². The number of nitrogens with one attached hydrogen (secondary N) is 1. The molecule has 0 bridgehead atoms. The van der Waals surface area contributed by atoms with Crippen LogP contribution in [0.15, 0.2) is 23.1 Å². The summed E-state index contributed by atoms with van der Waals surface area (Å²) in [5, 5.41) is 8.41. The van der Waals surface area contributed by atoms with Crippen molar-refractivity contribution in [3.63, 3.8) is 0 Å². The number of sulfonamides is 1. The van der Waals surface area contributed by atoms with Crippen molar-refractivity contribution in [2.24, 2.45) is 5.14 Å². The molecule has 1 aliphatic carbocycles. The Balaban J connectivity index is 2.32. The fourth-order valence-electron chi connectivity index (χ4n) is 2.18. The van der Waals surface area contributed by atoms with Crippen LogP contribution < -0.4 is 16.2 Å². The van der Waals surface area contributed by atoms with Gasteiger partial charge in [0, 0.05) is 11.7 Å². The Kier molecular flexibility index (Phi) is 3.26. The average molecular weight is 255 g/mol. The van der Waals surface area contributed by atoms with E-state index in [1.807, 2.05) is 0 Å². The van der Waals surface area contributed by atoms with Crippen molar-refractivity contribution in [2.75, 3.05) is 11.1 Å². The van der Waals surface area contributed by atoms with Crippen LogP contribution in [0.4, 0.5) is 11.4 Å². The molecule has 1 fully saturated rings. The molecule has 1 aromatic rings. The van der Waals surface area contributed by atoms with Gasteiger partial charge in [-0.2, -0.15) is 0 Å². The van der Waals surface area contributed by atoms with E-state index in [4.69, 9.17) is 10.9 Å². The highest BCUT2D eigenvalue weighted by Crippen LogP contribution is 2.27. The summed E-state index contributed by atoms with van der Waals surface area (Å²) in [6, 6.07) is 5.07. The predicted octanol–water partition coefficient (Wildman–Crippen LogP) is 1.27. The molecule has 0 saturated heterocycles. The summed E-state index contributed by atoms with van der Waals surface area (Å²) in [6.45, 7) is 0. The monoisotopic (exact) mass is 255 g/mol. The average Bonchev–Trinajstić information content (AvgIpc) is 2.72. The SMILES string of the molecule is Nc1ccc(NC2CCCC2)c(S(N)(=O)=O)c1. The molecular weight excluding hydrogens is 238 g/mol. The predicted molar refractivity (Wildman–Crippen MR) is 68.1 cm³/mol. The summed E-state index contributed by atoms with van der Waals surface area (Å²) in [4.78, 5) is 0.0735. The zero-order valence-electron chi connectivity index (χ0n) is 9.52. The van der Waals surface area contributed by atoms with Gasteiger partial charge in [-0.25, -0.2) is 13.6 Å². The molecular formula is C11H17N3O2S. The Hall–Kier alpha value is -1.27. The van der Waals surface area contributed by atoms with Gasteiger partial charge in [-0.05, 0) is 31.0 Å². The van der Waals surface area contributed by atoms with Gasteiger partial charge in [0.2, 0.25) is 10.0 Å². The van der Waals surface area contributed by atoms with Gasteiger partial charge in [0.1, 0.15) is 4.90 Å². The lowest BCUT2D eigenvalue weighted by molar-refractivity contribution is 0.598. The number of rotatable bonds is 3. The largest absolute Gasteiger partial charge is 0.399 e. The molecule has 0 atom stereocenters. The highest BCUT2D eigenvalue weighted by Gasteiger charge is 2.19. The van der Waals surface area contributed by atoms with Gasteiger partial charge in [0.25, 0.3) is 0 Å². The van der Waals surface area contributed by atoms with E-state index in [1.165, 1.54) is 18.9 Å². The standard InChI is InChI=1S/C11H17N3O2S/c12-8-5-6-10(11(7-8)17(13,15)16)14-9-3-1-2-4-9/h5-7,9,14H,1-4,12H2,(H2,13,15,16). The molecule has 0 aromatic heterocycles. The van der Waals surface area contributed by atoms with Crippen LogP contribution >= 0.6 is 0 Å². The van der Waals surface area contributed by atoms with Crippen molar-refractivity contribution in [3.8, 4) is 0 Å². The quantitative estimate of drug-likeness (QED) is 0.708. The molecule has 0 radical (unpaired) electrons.